The van der Waals surface area contributed by atoms with Crippen LogP contribution in [0.1, 0.15) is 23.2 Å². The van der Waals surface area contributed by atoms with Gasteiger partial charge in [-0.2, -0.15) is 0 Å². The van der Waals surface area contributed by atoms with Gasteiger partial charge in [0.2, 0.25) is 0 Å². The minimum absolute atomic E-state index is 0.211. The number of aryl methyl sites for hydroxylation is 1. The second kappa shape index (κ2) is 13.2. The molecule has 1 fully saturated rings. The number of nitrogens with zero attached hydrogens (tertiary/aromatic N) is 4. The number of hydrogen-bond acceptors (Lipinski definition) is 8. The number of morpholine rings is 1. The van der Waals surface area contributed by atoms with E-state index in [0.29, 0.717) is 28.8 Å². The van der Waals surface area contributed by atoms with Gasteiger partial charge < -0.3 is 19.6 Å². The number of anilines is 2. The molecule has 0 atom stereocenters. The molecule has 0 unspecified atom stereocenters. The lowest BCUT2D eigenvalue weighted by molar-refractivity contribution is 0.0323. The Kier molecular flexibility index (Phi) is 9.43. The van der Waals surface area contributed by atoms with Gasteiger partial charge in [0.25, 0.3) is 0 Å². The van der Waals surface area contributed by atoms with Crippen LogP contribution in [0.15, 0.2) is 53.9 Å². The number of aromatic nitrogens is 2. The molecular weight excluding hydrogens is 485 g/mol. The maximum Gasteiger partial charge on any atom is 0.143 e. The number of nitrogens with one attached hydrogen (secondary N) is 1. The van der Waals surface area contributed by atoms with E-state index < -0.39 is 0 Å². The standard InChI is InChI=1S/C26H29ClFN5O3/c1-19-23(16-31-36-11-3-8-33-9-12-34-13-10-33)26(30-18-29-19)32-22-6-7-25(24(27)15-22)35-17-20-4-2-5-21(28)14-20/h2,4-7,14-16,18H,3,8-13,17H2,1H3,(H,29,30,32)/b31-16+. The van der Waals surface area contributed by atoms with E-state index >= 15 is 0 Å². The first kappa shape index (κ1) is 25.8. The van der Waals surface area contributed by atoms with E-state index in [1.807, 2.05) is 13.0 Å². The monoisotopic (exact) mass is 513 g/mol. The van der Waals surface area contributed by atoms with E-state index in [0.717, 1.165) is 56.2 Å². The summed E-state index contributed by atoms with van der Waals surface area (Å²) in [6, 6.07) is 11.6. The Bertz CT molecular complexity index is 1170. The van der Waals surface area contributed by atoms with Gasteiger partial charge in [0.1, 0.15) is 36.9 Å². The summed E-state index contributed by atoms with van der Waals surface area (Å²) in [5, 5.41) is 7.79. The maximum absolute atomic E-state index is 13.4. The zero-order valence-electron chi connectivity index (χ0n) is 20.1. The molecular formula is C26H29ClFN5O3. The molecule has 2 heterocycles. The fourth-order valence-electron chi connectivity index (χ4n) is 3.68. The number of benzene rings is 2. The van der Waals surface area contributed by atoms with Crippen molar-refractivity contribution in [2.45, 2.75) is 20.0 Å². The zero-order chi connectivity index (χ0) is 25.2. The van der Waals surface area contributed by atoms with Gasteiger partial charge in [-0.25, -0.2) is 14.4 Å². The fourth-order valence-corrected chi connectivity index (χ4v) is 3.91. The summed E-state index contributed by atoms with van der Waals surface area (Å²) in [7, 11) is 0. The zero-order valence-corrected chi connectivity index (χ0v) is 20.9. The molecule has 190 valence electrons. The Morgan fingerprint density at radius 3 is 2.86 bits per heavy atom. The van der Waals surface area contributed by atoms with E-state index in [1.54, 1.807) is 30.5 Å². The van der Waals surface area contributed by atoms with Gasteiger partial charge >= 0.3 is 0 Å². The Labute approximate surface area is 215 Å². The second-order valence-electron chi connectivity index (χ2n) is 8.29. The number of halogens is 2. The first-order chi connectivity index (χ1) is 17.6. The Morgan fingerprint density at radius 2 is 2.06 bits per heavy atom. The summed E-state index contributed by atoms with van der Waals surface area (Å²) in [5.74, 6) is 0.768. The van der Waals surface area contributed by atoms with Crippen LogP contribution in [0.3, 0.4) is 0 Å². The third-order valence-electron chi connectivity index (χ3n) is 5.63. The Balaban J connectivity index is 1.32. The largest absolute Gasteiger partial charge is 0.487 e. The van der Waals surface area contributed by atoms with E-state index in [4.69, 9.17) is 25.9 Å². The fraction of sp³-hybridized carbons (Fsp3) is 0.346. The topological polar surface area (TPSA) is 81.1 Å². The summed E-state index contributed by atoms with van der Waals surface area (Å²) in [5.41, 5.74) is 2.91. The summed E-state index contributed by atoms with van der Waals surface area (Å²) in [6.07, 6.45) is 3.99. The van der Waals surface area contributed by atoms with Gasteiger partial charge in [-0.05, 0) is 49.2 Å². The molecule has 1 aliphatic heterocycles. The van der Waals surface area contributed by atoms with Gasteiger partial charge in [-0.3, -0.25) is 4.90 Å². The molecule has 3 aromatic rings. The van der Waals surface area contributed by atoms with Crippen LogP contribution in [-0.4, -0.2) is 60.5 Å². The highest BCUT2D eigenvalue weighted by molar-refractivity contribution is 6.32. The Morgan fingerprint density at radius 1 is 1.19 bits per heavy atom. The van der Waals surface area contributed by atoms with Crippen LogP contribution in [0.4, 0.5) is 15.9 Å². The lowest BCUT2D eigenvalue weighted by Gasteiger charge is -2.26. The third-order valence-corrected chi connectivity index (χ3v) is 5.93. The molecule has 0 saturated carbocycles. The van der Waals surface area contributed by atoms with Crippen molar-refractivity contribution in [3.8, 4) is 5.75 Å². The molecule has 0 amide bonds. The molecule has 8 nitrogen and oxygen atoms in total. The smallest absolute Gasteiger partial charge is 0.143 e. The lowest BCUT2D eigenvalue weighted by Crippen LogP contribution is -2.37. The first-order valence-corrected chi connectivity index (χ1v) is 12.2. The average Bonchev–Trinajstić information content (AvgIpc) is 2.88. The predicted molar refractivity (Wildman–Crippen MR) is 138 cm³/mol. The van der Waals surface area contributed by atoms with Crippen LogP contribution < -0.4 is 10.1 Å². The van der Waals surface area contributed by atoms with Crippen molar-refractivity contribution in [1.82, 2.24) is 14.9 Å². The Hall–Kier alpha value is -3.27. The molecule has 1 aliphatic rings. The van der Waals surface area contributed by atoms with E-state index in [-0.39, 0.29) is 12.4 Å². The molecule has 1 N–H and O–H groups in total. The molecule has 1 saturated heterocycles. The van der Waals surface area contributed by atoms with Gasteiger partial charge in [0.15, 0.2) is 0 Å². The number of hydrogen-bond donors (Lipinski definition) is 1. The molecule has 10 heteroatoms. The molecule has 0 aliphatic carbocycles. The van der Waals surface area contributed by atoms with Gasteiger partial charge in [-0.15, -0.1) is 0 Å². The van der Waals surface area contributed by atoms with Crippen molar-refractivity contribution in [2.75, 3.05) is 44.8 Å². The van der Waals surface area contributed by atoms with Gasteiger partial charge in [0.05, 0.1) is 35.7 Å². The van der Waals surface area contributed by atoms with E-state index in [1.165, 1.54) is 18.5 Å². The molecule has 4 rings (SSSR count). The number of oxime groups is 1. The van der Waals surface area contributed by atoms with Crippen molar-refractivity contribution >= 4 is 29.3 Å². The van der Waals surface area contributed by atoms with Crippen molar-refractivity contribution in [1.29, 1.82) is 0 Å². The highest BCUT2D eigenvalue weighted by atomic mass is 35.5. The average molecular weight is 514 g/mol. The second-order valence-corrected chi connectivity index (χ2v) is 8.69. The van der Waals surface area contributed by atoms with Crippen molar-refractivity contribution < 1.29 is 18.7 Å². The van der Waals surface area contributed by atoms with Crippen molar-refractivity contribution in [3.05, 3.63) is 76.5 Å². The molecule has 1 aromatic heterocycles. The SMILES string of the molecule is Cc1ncnc(Nc2ccc(OCc3cccc(F)c3)c(Cl)c2)c1/C=N/OCCCN1CCOCC1. The van der Waals surface area contributed by atoms with E-state index in [2.05, 4.69) is 25.3 Å². The lowest BCUT2D eigenvalue weighted by atomic mass is 10.2. The summed E-state index contributed by atoms with van der Waals surface area (Å²) >= 11 is 6.42. The predicted octanol–water partition coefficient (Wildman–Crippen LogP) is 4.97. The summed E-state index contributed by atoms with van der Waals surface area (Å²) in [4.78, 5) is 16.4. The van der Waals surface area contributed by atoms with Gasteiger partial charge in [-0.1, -0.05) is 28.9 Å². The number of rotatable bonds is 11. The van der Waals surface area contributed by atoms with Gasteiger partial charge in [0, 0.05) is 25.3 Å². The van der Waals surface area contributed by atoms with Crippen LogP contribution in [-0.2, 0) is 16.2 Å². The highest BCUT2D eigenvalue weighted by Gasteiger charge is 2.11. The van der Waals surface area contributed by atoms with Crippen LogP contribution >= 0.6 is 11.6 Å². The van der Waals surface area contributed by atoms with Crippen molar-refractivity contribution in [2.24, 2.45) is 5.16 Å². The normalized spacial score (nSPS) is 14.2. The van der Waals surface area contributed by atoms with E-state index in [9.17, 15) is 4.39 Å². The van der Waals surface area contributed by atoms with Crippen molar-refractivity contribution in [3.63, 3.8) is 0 Å². The molecule has 36 heavy (non-hydrogen) atoms. The number of ether oxygens (including phenoxy) is 2. The van der Waals surface area contributed by atoms with Crippen LogP contribution in [0.5, 0.6) is 5.75 Å². The first-order valence-electron chi connectivity index (χ1n) is 11.8. The molecule has 0 radical (unpaired) electrons. The summed E-state index contributed by atoms with van der Waals surface area (Å²) < 4.78 is 24.5. The third kappa shape index (κ3) is 7.61. The quantitative estimate of drug-likeness (QED) is 0.220. The molecule has 2 aromatic carbocycles. The summed E-state index contributed by atoms with van der Waals surface area (Å²) in [6.45, 7) is 7.07. The van der Waals surface area contributed by atoms with Crippen LogP contribution in [0.25, 0.3) is 0 Å². The molecule has 0 bridgehead atoms. The molecule has 0 spiro atoms. The minimum atomic E-state index is -0.306. The van der Waals surface area contributed by atoms with Crippen LogP contribution in [0.2, 0.25) is 5.02 Å². The minimum Gasteiger partial charge on any atom is -0.487 e. The maximum atomic E-state index is 13.4. The van der Waals surface area contributed by atoms with Crippen LogP contribution in [0, 0.1) is 12.7 Å². The highest BCUT2D eigenvalue weighted by Crippen LogP contribution is 2.30.